The summed E-state index contributed by atoms with van der Waals surface area (Å²) in [7, 11) is 0. The molecular formula is C16H18N6O2. The summed E-state index contributed by atoms with van der Waals surface area (Å²) in [5.74, 6) is 0.438. The first kappa shape index (κ1) is 15.9. The third kappa shape index (κ3) is 2.66. The number of carbonyl (C=O) groups excluding carboxylic acids is 2. The van der Waals surface area contributed by atoms with E-state index in [0.717, 1.165) is 11.1 Å². The molecule has 0 aliphatic carbocycles. The normalized spacial score (nSPS) is 13.7. The highest BCUT2D eigenvalue weighted by atomic mass is 16.2. The van der Waals surface area contributed by atoms with Crippen LogP contribution in [0.2, 0.25) is 0 Å². The summed E-state index contributed by atoms with van der Waals surface area (Å²) in [6, 6.07) is 1.59. The molecular weight excluding hydrogens is 308 g/mol. The van der Waals surface area contributed by atoms with Gasteiger partial charge in [0.05, 0.1) is 18.4 Å². The monoisotopic (exact) mass is 326 g/mol. The van der Waals surface area contributed by atoms with E-state index in [1.807, 2.05) is 20.8 Å². The summed E-state index contributed by atoms with van der Waals surface area (Å²) in [4.78, 5) is 38.0. The molecule has 2 amide bonds. The number of pyridine rings is 1. The molecule has 0 radical (unpaired) electrons. The number of carbonyl (C=O) groups is 2. The van der Waals surface area contributed by atoms with Crippen LogP contribution in [0.4, 0.5) is 11.6 Å². The Balaban J connectivity index is 2.08. The molecule has 0 bridgehead atoms. The number of primary amides is 1. The molecule has 3 heterocycles. The van der Waals surface area contributed by atoms with E-state index >= 15 is 0 Å². The number of amides is 2. The zero-order valence-electron chi connectivity index (χ0n) is 13.7. The second-order valence-electron chi connectivity index (χ2n) is 5.89. The van der Waals surface area contributed by atoms with Crippen molar-refractivity contribution in [2.45, 2.75) is 26.8 Å². The van der Waals surface area contributed by atoms with Gasteiger partial charge < -0.3 is 11.1 Å². The molecule has 124 valence electrons. The molecule has 2 aromatic rings. The standard InChI is InChI=1S/C16H18N6O2/c1-8(2)22-13(23)7-20-15-16(22)21-12(6-19-15)10-5-18-11(14(17)24)4-9(10)3/h4-6,8H,7H2,1-3H3,(H2,17,24)(H,19,20). The fraction of sp³-hybridized carbons (Fsp3) is 0.312. The molecule has 1 aliphatic rings. The van der Waals surface area contributed by atoms with Crippen LogP contribution < -0.4 is 16.0 Å². The lowest BCUT2D eigenvalue weighted by Crippen LogP contribution is -2.45. The maximum Gasteiger partial charge on any atom is 0.267 e. The molecule has 24 heavy (non-hydrogen) atoms. The van der Waals surface area contributed by atoms with Crippen molar-refractivity contribution in [3.63, 3.8) is 0 Å². The number of aromatic nitrogens is 3. The molecule has 8 heteroatoms. The molecule has 3 rings (SSSR count). The molecule has 0 saturated heterocycles. The van der Waals surface area contributed by atoms with Crippen LogP contribution >= 0.6 is 0 Å². The number of nitrogens with one attached hydrogen (secondary N) is 1. The Hall–Kier alpha value is -3.03. The van der Waals surface area contributed by atoms with E-state index in [0.29, 0.717) is 17.3 Å². The predicted octanol–water partition coefficient (Wildman–Crippen LogP) is 1.11. The van der Waals surface area contributed by atoms with Crippen LogP contribution in [0.1, 0.15) is 29.9 Å². The van der Waals surface area contributed by atoms with Gasteiger partial charge in [-0.1, -0.05) is 0 Å². The first-order valence-electron chi connectivity index (χ1n) is 7.58. The second kappa shape index (κ2) is 5.88. The number of fused-ring (bicyclic) bond motifs is 1. The molecule has 0 atom stereocenters. The SMILES string of the molecule is Cc1cc(C(N)=O)ncc1-c1cnc2c(n1)N(C(C)C)C(=O)CN2. The zero-order valence-corrected chi connectivity index (χ0v) is 13.7. The van der Waals surface area contributed by atoms with E-state index in [1.54, 1.807) is 23.4 Å². The first-order valence-corrected chi connectivity index (χ1v) is 7.58. The van der Waals surface area contributed by atoms with Crippen molar-refractivity contribution >= 4 is 23.5 Å². The highest BCUT2D eigenvalue weighted by Crippen LogP contribution is 2.30. The first-order chi connectivity index (χ1) is 11.4. The molecule has 8 nitrogen and oxygen atoms in total. The van der Waals surface area contributed by atoms with Gasteiger partial charge in [-0.3, -0.25) is 19.5 Å². The van der Waals surface area contributed by atoms with Crippen molar-refractivity contribution < 1.29 is 9.59 Å². The third-order valence-electron chi connectivity index (χ3n) is 3.81. The van der Waals surface area contributed by atoms with Gasteiger partial charge in [-0.05, 0) is 32.4 Å². The molecule has 3 N–H and O–H groups in total. The Morgan fingerprint density at radius 3 is 2.71 bits per heavy atom. The number of aryl methyl sites for hydroxylation is 1. The second-order valence-corrected chi connectivity index (χ2v) is 5.89. The zero-order chi connectivity index (χ0) is 17.4. The van der Waals surface area contributed by atoms with Crippen LogP contribution in [0.15, 0.2) is 18.5 Å². The van der Waals surface area contributed by atoms with E-state index in [9.17, 15) is 9.59 Å². The lowest BCUT2D eigenvalue weighted by Gasteiger charge is -2.31. The van der Waals surface area contributed by atoms with Crippen molar-refractivity contribution in [2.24, 2.45) is 5.73 Å². The lowest BCUT2D eigenvalue weighted by atomic mass is 10.1. The van der Waals surface area contributed by atoms with Crippen LogP contribution in [0.25, 0.3) is 11.3 Å². The van der Waals surface area contributed by atoms with Crippen molar-refractivity contribution in [3.05, 3.63) is 29.7 Å². The minimum atomic E-state index is -0.582. The van der Waals surface area contributed by atoms with E-state index in [4.69, 9.17) is 5.73 Å². The Bertz CT molecular complexity index is 833. The maximum atomic E-state index is 12.2. The third-order valence-corrected chi connectivity index (χ3v) is 3.81. The number of anilines is 2. The summed E-state index contributed by atoms with van der Waals surface area (Å²) >= 11 is 0. The Labute approximate surface area is 139 Å². The average molecular weight is 326 g/mol. The van der Waals surface area contributed by atoms with E-state index in [-0.39, 0.29) is 24.2 Å². The Morgan fingerprint density at radius 2 is 2.08 bits per heavy atom. The van der Waals surface area contributed by atoms with Gasteiger partial charge in [0.15, 0.2) is 11.6 Å². The van der Waals surface area contributed by atoms with Crippen LogP contribution in [0, 0.1) is 6.92 Å². The highest BCUT2D eigenvalue weighted by Gasteiger charge is 2.29. The van der Waals surface area contributed by atoms with Crippen LogP contribution in [-0.4, -0.2) is 39.4 Å². The quantitative estimate of drug-likeness (QED) is 0.873. The molecule has 1 aliphatic heterocycles. The van der Waals surface area contributed by atoms with Crippen LogP contribution in [-0.2, 0) is 4.79 Å². The van der Waals surface area contributed by atoms with Gasteiger partial charge in [-0.2, -0.15) is 0 Å². The fourth-order valence-corrected chi connectivity index (χ4v) is 2.66. The van der Waals surface area contributed by atoms with Gasteiger partial charge in [0.25, 0.3) is 5.91 Å². The van der Waals surface area contributed by atoms with Gasteiger partial charge in [0.2, 0.25) is 5.91 Å². The van der Waals surface area contributed by atoms with Gasteiger partial charge in [0.1, 0.15) is 5.69 Å². The predicted molar refractivity (Wildman–Crippen MR) is 89.6 cm³/mol. The van der Waals surface area contributed by atoms with E-state index < -0.39 is 5.91 Å². The molecule has 0 saturated carbocycles. The van der Waals surface area contributed by atoms with Crippen molar-refractivity contribution in [1.29, 1.82) is 0 Å². The summed E-state index contributed by atoms with van der Waals surface area (Å²) in [6.45, 7) is 5.90. The summed E-state index contributed by atoms with van der Waals surface area (Å²) < 4.78 is 0. The van der Waals surface area contributed by atoms with Crippen LogP contribution in [0.3, 0.4) is 0 Å². The van der Waals surface area contributed by atoms with Crippen molar-refractivity contribution in [1.82, 2.24) is 15.0 Å². The lowest BCUT2D eigenvalue weighted by molar-refractivity contribution is -0.117. The molecule has 0 fully saturated rings. The molecule has 2 aromatic heterocycles. The van der Waals surface area contributed by atoms with Gasteiger partial charge >= 0.3 is 0 Å². The highest BCUT2D eigenvalue weighted by molar-refractivity contribution is 6.01. The molecule has 0 spiro atoms. The number of nitrogens with zero attached hydrogens (tertiary/aromatic N) is 4. The number of hydrogen-bond acceptors (Lipinski definition) is 6. The minimum absolute atomic E-state index is 0.0284. The Morgan fingerprint density at radius 1 is 1.33 bits per heavy atom. The maximum absolute atomic E-state index is 12.2. The topological polar surface area (TPSA) is 114 Å². The molecule has 0 unspecified atom stereocenters. The largest absolute Gasteiger partial charge is 0.364 e. The van der Waals surface area contributed by atoms with Gasteiger partial charge in [0, 0.05) is 17.8 Å². The smallest absolute Gasteiger partial charge is 0.267 e. The van der Waals surface area contributed by atoms with E-state index in [2.05, 4.69) is 20.3 Å². The summed E-state index contributed by atoms with van der Waals surface area (Å²) in [6.07, 6.45) is 3.16. The minimum Gasteiger partial charge on any atom is -0.364 e. The van der Waals surface area contributed by atoms with Gasteiger partial charge in [-0.25, -0.2) is 9.97 Å². The average Bonchev–Trinajstić information content (AvgIpc) is 2.53. The van der Waals surface area contributed by atoms with Crippen molar-refractivity contribution in [2.75, 3.05) is 16.8 Å². The summed E-state index contributed by atoms with van der Waals surface area (Å²) in [5.41, 5.74) is 7.56. The van der Waals surface area contributed by atoms with Gasteiger partial charge in [-0.15, -0.1) is 0 Å². The van der Waals surface area contributed by atoms with E-state index in [1.165, 1.54) is 0 Å². The molecule has 0 aromatic carbocycles. The number of hydrogen-bond donors (Lipinski definition) is 2. The fourth-order valence-electron chi connectivity index (χ4n) is 2.66. The Kier molecular flexibility index (Phi) is 3.88. The summed E-state index contributed by atoms with van der Waals surface area (Å²) in [5, 5.41) is 2.97. The van der Waals surface area contributed by atoms with Crippen molar-refractivity contribution in [3.8, 4) is 11.3 Å². The number of rotatable bonds is 3. The van der Waals surface area contributed by atoms with Crippen LogP contribution in [0.5, 0.6) is 0 Å². The number of nitrogens with two attached hydrogens (primary N) is 1.